The number of carbonyl (C=O) groups excluding carboxylic acids is 1. The Morgan fingerprint density at radius 3 is 2.67 bits per heavy atom. The van der Waals surface area contributed by atoms with E-state index in [0.29, 0.717) is 39.3 Å². The van der Waals surface area contributed by atoms with Crippen LogP contribution in [0.15, 0.2) is 28.8 Å². The summed E-state index contributed by atoms with van der Waals surface area (Å²) in [6, 6.07) is 9.19. The lowest BCUT2D eigenvalue weighted by Crippen LogP contribution is -2.26. The van der Waals surface area contributed by atoms with Gasteiger partial charge in [0, 0.05) is 16.5 Å². The predicted octanol–water partition coefficient (Wildman–Crippen LogP) is 5.70. The van der Waals surface area contributed by atoms with E-state index in [1.165, 1.54) is 16.2 Å². The molecule has 4 rings (SSSR count). The van der Waals surface area contributed by atoms with Gasteiger partial charge in [0.15, 0.2) is 23.0 Å². The SMILES string of the molecule is COc1ccc(-c2cc(C(=O)Nc3sc4c(c3C#N)CC[C@@H](C(C)(C)C)C4)no2)cc1OC. The van der Waals surface area contributed by atoms with Crippen LogP contribution in [0.25, 0.3) is 11.3 Å². The molecule has 0 spiro atoms. The molecule has 1 aliphatic rings. The van der Waals surface area contributed by atoms with Gasteiger partial charge in [-0.1, -0.05) is 25.9 Å². The van der Waals surface area contributed by atoms with Crippen LogP contribution in [-0.2, 0) is 12.8 Å². The van der Waals surface area contributed by atoms with Gasteiger partial charge in [-0.25, -0.2) is 0 Å². The number of amides is 1. The van der Waals surface area contributed by atoms with Gasteiger partial charge in [0.2, 0.25) is 0 Å². The molecule has 3 aromatic rings. The van der Waals surface area contributed by atoms with Crippen molar-refractivity contribution in [3.8, 4) is 28.9 Å². The van der Waals surface area contributed by atoms with Crippen molar-refractivity contribution >= 4 is 22.2 Å². The number of carbonyl (C=O) groups is 1. The van der Waals surface area contributed by atoms with Crippen molar-refractivity contribution in [2.45, 2.75) is 40.0 Å². The molecule has 0 radical (unpaired) electrons. The van der Waals surface area contributed by atoms with Crippen molar-refractivity contribution in [2.24, 2.45) is 11.3 Å². The van der Waals surface area contributed by atoms with Crippen LogP contribution < -0.4 is 14.8 Å². The first kappa shape index (κ1) is 22.9. The third-order valence-electron chi connectivity index (χ3n) is 6.24. The monoisotopic (exact) mass is 465 g/mol. The van der Waals surface area contributed by atoms with Gasteiger partial charge in [-0.05, 0) is 54.4 Å². The number of aromatic nitrogens is 1. The van der Waals surface area contributed by atoms with Crippen LogP contribution in [0.4, 0.5) is 5.00 Å². The molecule has 1 atom stereocenters. The molecule has 172 valence electrons. The van der Waals surface area contributed by atoms with Gasteiger partial charge in [0.05, 0.1) is 19.8 Å². The zero-order valence-corrected chi connectivity index (χ0v) is 20.3. The first-order valence-electron chi connectivity index (χ1n) is 10.8. The number of fused-ring (bicyclic) bond motifs is 1. The summed E-state index contributed by atoms with van der Waals surface area (Å²) in [4.78, 5) is 14.1. The minimum absolute atomic E-state index is 0.141. The van der Waals surface area contributed by atoms with Crippen molar-refractivity contribution < 1.29 is 18.8 Å². The summed E-state index contributed by atoms with van der Waals surface area (Å²) in [5, 5.41) is 17.2. The number of thiophene rings is 1. The second kappa shape index (κ2) is 8.91. The standard InChI is InChI=1S/C25H27N3O4S/c1-25(2,3)15-7-8-16-17(13-26)24(33-22(16)11-15)27-23(29)18-12-20(32-28-18)14-6-9-19(30-4)21(10-14)31-5/h6,9-10,12,15H,7-8,11H2,1-5H3,(H,27,29)/t15-/m1/s1. The van der Waals surface area contributed by atoms with Crippen molar-refractivity contribution in [2.75, 3.05) is 19.5 Å². The Morgan fingerprint density at radius 2 is 2.00 bits per heavy atom. The molecule has 0 saturated carbocycles. The van der Waals surface area contributed by atoms with Gasteiger partial charge < -0.3 is 19.3 Å². The summed E-state index contributed by atoms with van der Waals surface area (Å²) in [5.74, 6) is 1.72. The van der Waals surface area contributed by atoms with E-state index in [9.17, 15) is 10.1 Å². The zero-order chi connectivity index (χ0) is 23.8. The number of methoxy groups -OCH3 is 2. The molecule has 2 heterocycles. The van der Waals surface area contributed by atoms with Gasteiger partial charge >= 0.3 is 0 Å². The maximum atomic E-state index is 12.9. The Kier molecular flexibility index (Phi) is 6.17. The molecule has 0 aliphatic heterocycles. The van der Waals surface area contributed by atoms with E-state index in [0.717, 1.165) is 24.8 Å². The molecule has 0 unspecified atom stereocenters. The Morgan fingerprint density at radius 1 is 1.24 bits per heavy atom. The molecular formula is C25H27N3O4S. The van der Waals surface area contributed by atoms with Gasteiger partial charge in [-0.15, -0.1) is 11.3 Å². The summed E-state index contributed by atoms with van der Waals surface area (Å²) in [6.07, 6.45) is 2.84. The van der Waals surface area contributed by atoms with Crippen molar-refractivity contribution in [3.05, 3.63) is 46.0 Å². The Bertz CT molecular complexity index is 1230. The van der Waals surface area contributed by atoms with Crippen LogP contribution in [0, 0.1) is 22.7 Å². The molecular weight excluding hydrogens is 438 g/mol. The lowest BCUT2D eigenvalue weighted by molar-refractivity contribution is 0.101. The zero-order valence-electron chi connectivity index (χ0n) is 19.4. The number of nitrogens with zero attached hydrogens (tertiary/aromatic N) is 2. The summed E-state index contributed by atoms with van der Waals surface area (Å²) < 4.78 is 16.0. The van der Waals surface area contributed by atoms with Crippen LogP contribution >= 0.6 is 11.3 Å². The molecule has 1 aromatic carbocycles. The highest BCUT2D eigenvalue weighted by Crippen LogP contribution is 2.44. The smallest absolute Gasteiger partial charge is 0.278 e. The van der Waals surface area contributed by atoms with Crippen LogP contribution in [0.5, 0.6) is 11.5 Å². The second-order valence-electron chi connectivity index (χ2n) is 9.23. The second-order valence-corrected chi connectivity index (χ2v) is 10.3. The Labute approximate surface area is 197 Å². The molecule has 1 amide bonds. The molecule has 0 bridgehead atoms. The molecule has 0 saturated heterocycles. The van der Waals surface area contributed by atoms with Crippen LogP contribution in [0.3, 0.4) is 0 Å². The summed E-state index contributed by atoms with van der Waals surface area (Å²) in [7, 11) is 3.12. The summed E-state index contributed by atoms with van der Waals surface area (Å²) in [5.41, 5.74) is 2.70. The summed E-state index contributed by atoms with van der Waals surface area (Å²) in [6.45, 7) is 6.76. The highest BCUT2D eigenvalue weighted by Gasteiger charge is 2.32. The van der Waals surface area contributed by atoms with Crippen molar-refractivity contribution in [3.63, 3.8) is 0 Å². The number of rotatable bonds is 5. The fourth-order valence-corrected chi connectivity index (χ4v) is 5.48. The van der Waals surface area contributed by atoms with E-state index in [1.54, 1.807) is 38.5 Å². The number of nitrogens with one attached hydrogen (secondary N) is 1. The maximum Gasteiger partial charge on any atom is 0.278 e. The fraction of sp³-hybridized carbons (Fsp3) is 0.400. The first-order valence-corrected chi connectivity index (χ1v) is 11.6. The van der Waals surface area contributed by atoms with E-state index in [2.05, 4.69) is 37.3 Å². The average Bonchev–Trinajstić information content (AvgIpc) is 3.42. The number of nitriles is 1. The molecule has 33 heavy (non-hydrogen) atoms. The number of benzene rings is 1. The number of ether oxygens (including phenoxy) is 2. The predicted molar refractivity (Wildman–Crippen MR) is 127 cm³/mol. The van der Waals surface area contributed by atoms with E-state index in [4.69, 9.17) is 14.0 Å². The van der Waals surface area contributed by atoms with Gasteiger partial charge in [-0.2, -0.15) is 5.26 Å². The van der Waals surface area contributed by atoms with Crippen molar-refractivity contribution in [1.29, 1.82) is 5.26 Å². The fourth-order valence-electron chi connectivity index (χ4n) is 4.21. The highest BCUT2D eigenvalue weighted by atomic mass is 32.1. The molecule has 8 heteroatoms. The van der Waals surface area contributed by atoms with E-state index in [-0.39, 0.29) is 11.1 Å². The molecule has 1 N–H and O–H groups in total. The van der Waals surface area contributed by atoms with Crippen molar-refractivity contribution in [1.82, 2.24) is 5.16 Å². The minimum Gasteiger partial charge on any atom is -0.493 e. The van der Waals surface area contributed by atoms with Crippen LogP contribution in [0.1, 0.15) is 53.7 Å². The maximum absolute atomic E-state index is 12.9. The molecule has 7 nitrogen and oxygen atoms in total. The number of hydrogen-bond donors (Lipinski definition) is 1. The van der Waals surface area contributed by atoms with E-state index < -0.39 is 5.91 Å². The highest BCUT2D eigenvalue weighted by molar-refractivity contribution is 7.16. The third-order valence-corrected chi connectivity index (χ3v) is 7.41. The lowest BCUT2D eigenvalue weighted by Gasteiger charge is -2.33. The quantitative estimate of drug-likeness (QED) is 0.519. The number of anilines is 1. The third kappa shape index (κ3) is 4.46. The average molecular weight is 466 g/mol. The lowest BCUT2D eigenvalue weighted by atomic mass is 9.72. The Balaban J connectivity index is 1.55. The van der Waals surface area contributed by atoms with E-state index >= 15 is 0 Å². The van der Waals surface area contributed by atoms with Gasteiger partial charge in [-0.3, -0.25) is 4.79 Å². The van der Waals surface area contributed by atoms with Gasteiger partial charge in [0.1, 0.15) is 11.1 Å². The summed E-state index contributed by atoms with van der Waals surface area (Å²) >= 11 is 1.50. The minimum atomic E-state index is -0.409. The van der Waals surface area contributed by atoms with Crippen LogP contribution in [0.2, 0.25) is 0 Å². The molecule has 0 fully saturated rings. The first-order chi connectivity index (χ1) is 15.7. The normalized spacial score (nSPS) is 15.5. The largest absolute Gasteiger partial charge is 0.493 e. The molecule has 2 aromatic heterocycles. The topological polar surface area (TPSA) is 97.4 Å². The van der Waals surface area contributed by atoms with Crippen LogP contribution in [-0.4, -0.2) is 25.3 Å². The number of hydrogen-bond acceptors (Lipinski definition) is 7. The van der Waals surface area contributed by atoms with E-state index in [1.807, 2.05) is 0 Å². The van der Waals surface area contributed by atoms with Gasteiger partial charge in [0.25, 0.3) is 5.91 Å². The molecule has 1 aliphatic carbocycles. The Hall–Kier alpha value is -3.31.